The molecule has 0 amide bonds. The molecule has 20 heavy (non-hydrogen) atoms. The van der Waals surface area contributed by atoms with E-state index in [4.69, 9.17) is 9.84 Å². The first-order chi connectivity index (χ1) is 9.59. The summed E-state index contributed by atoms with van der Waals surface area (Å²) in [5, 5.41) is 9.04. The topological polar surface area (TPSA) is 63.6 Å². The predicted octanol–water partition coefficient (Wildman–Crippen LogP) is 3.09. The molecule has 0 aliphatic heterocycles. The number of esters is 1. The van der Waals surface area contributed by atoms with Crippen molar-refractivity contribution < 1.29 is 19.4 Å². The largest absolute Gasteiger partial charge is 0.478 e. The van der Waals surface area contributed by atoms with Gasteiger partial charge in [0.1, 0.15) is 11.3 Å². The molecule has 1 N–H and O–H groups in total. The molecule has 0 saturated carbocycles. The number of carboxylic acids is 1. The van der Waals surface area contributed by atoms with Gasteiger partial charge in [-0.25, -0.2) is 4.79 Å². The molecular weight excluding hydrogens is 256 g/mol. The fourth-order valence-electron chi connectivity index (χ4n) is 1.81. The number of carbonyl (C=O) groups excluding carboxylic acids is 1. The van der Waals surface area contributed by atoms with E-state index in [1.54, 1.807) is 19.1 Å². The number of carbonyl (C=O) groups is 2. The van der Waals surface area contributed by atoms with Gasteiger partial charge in [-0.05, 0) is 24.6 Å². The number of para-hydroxylation sites is 1. The lowest BCUT2D eigenvalue weighted by Gasteiger charge is -2.12. The fraction of sp³-hybridized carbons (Fsp3) is 0.125. The van der Waals surface area contributed by atoms with Crippen molar-refractivity contribution in [3.8, 4) is 5.75 Å². The average Bonchev–Trinajstić information content (AvgIpc) is 2.47. The van der Waals surface area contributed by atoms with Gasteiger partial charge in [0.2, 0.25) is 0 Å². The Labute approximate surface area is 116 Å². The van der Waals surface area contributed by atoms with Gasteiger partial charge in [-0.15, -0.1) is 0 Å². The van der Waals surface area contributed by atoms with Crippen molar-refractivity contribution in [2.45, 2.75) is 12.8 Å². The summed E-state index contributed by atoms with van der Waals surface area (Å²) >= 11 is 0. The molecule has 1 unspecified atom stereocenters. The van der Waals surface area contributed by atoms with Crippen LogP contribution in [0.15, 0.2) is 54.6 Å². The Morgan fingerprint density at radius 2 is 1.60 bits per heavy atom. The number of hydrogen-bond acceptors (Lipinski definition) is 3. The summed E-state index contributed by atoms with van der Waals surface area (Å²) in [7, 11) is 0. The maximum atomic E-state index is 12.1. The highest BCUT2D eigenvalue weighted by Gasteiger charge is 2.20. The highest BCUT2D eigenvalue weighted by atomic mass is 16.5. The van der Waals surface area contributed by atoms with E-state index in [0.717, 1.165) is 5.56 Å². The van der Waals surface area contributed by atoms with E-state index in [0.29, 0.717) is 0 Å². The molecule has 0 heterocycles. The summed E-state index contributed by atoms with van der Waals surface area (Å²) in [6.45, 7) is 1.72. The first-order valence-corrected chi connectivity index (χ1v) is 6.18. The normalized spacial score (nSPS) is 11.7. The Kier molecular flexibility index (Phi) is 4.15. The summed E-state index contributed by atoms with van der Waals surface area (Å²) in [5.41, 5.74) is 0.798. The summed E-state index contributed by atoms with van der Waals surface area (Å²) < 4.78 is 5.20. The number of aromatic carboxylic acids is 1. The molecule has 0 radical (unpaired) electrons. The molecule has 0 aliphatic rings. The molecule has 1 atom stereocenters. The van der Waals surface area contributed by atoms with Crippen molar-refractivity contribution in [2.24, 2.45) is 0 Å². The maximum Gasteiger partial charge on any atom is 0.339 e. The lowest BCUT2D eigenvalue weighted by Crippen LogP contribution is -2.17. The third kappa shape index (κ3) is 3.03. The van der Waals surface area contributed by atoms with Crippen molar-refractivity contribution in [3.05, 3.63) is 65.7 Å². The van der Waals surface area contributed by atoms with Crippen LogP contribution in [0.2, 0.25) is 0 Å². The second-order valence-corrected chi connectivity index (χ2v) is 4.35. The zero-order valence-electron chi connectivity index (χ0n) is 10.9. The molecule has 0 aliphatic carbocycles. The quantitative estimate of drug-likeness (QED) is 0.685. The van der Waals surface area contributed by atoms with Gasteiger partial charge in [0.25, 0.3) is 0 Å². The smallest absolute Gasteiger partial charge is 0.339 e. The van der Waals surface area contributed by atoms with Crippen LogP contribution in [0.25, 0.3) is 0 Å². The van der Waals surface area contributed by atoms with E-state index in [9.17, 15) is 9.59 Å². The van der Waals surface area contributed by atoms with Gasteiger partial charge in [0.15, 0.2) is 0 Å². The Bertz CT molecular complexity index is 619. The monoisotopic (exact) mass is 270 g/mol. The number of ether oxygens (including phenoxy) is 1. The SMILES string of the molecule is CC(C(=O)Oc1ccccc1C(=O)O)c1ccccc1. The summed E-state index contributed by atoms with van der Waals surface area (Å²) in [4.78, 5) is 23.1. The predicted molar refractivity (Wildman–Crippen MR) is 73.9 cm³/mol. The zero-order valence-corrected chi connectivity index (χ0v) is 10.9. The molecular formula is C16H14O4. The van der Waals surface area contributed by atoms with Crippen molar-refractivity contribution in [1.82, 2.24) is 0 Å². The van der Waals surface area contributed by atoms with Crippen LogP contribution in [0.1, 0.15) is 28.8 Å². The van der Waals surface area contributed by atoms with Gasteiger partial charge < -0.3 is 9.84 Å². The Morgan fingerprint density at radius 3 is 2.25 bits per heavy atom. The first-order valence-electron chi connectivity index (χ1n) is 6.18. The van der Waals surface area contributed by atoms with Crippen molar-refractivity contribution in [3.63, 3.8) is 0 Å². The highest BCUT2D eigenvalue weighted by Crippen LogP contribution is 2.22. The van der Waals surface area contributed by atoms with Crippen LogP contribution in [-0.4, -0.2) is 17.0 Å². The number of carboxylic acid groups (broad SMARTS) is 1. The van der Waals surface area contributed by atoms with Crippen LogP contribution in [-0.2, 0) is 4.79 Å². The highest BCUT2D eigenvalue weighted by molar-refractivity contribution is 5.92. The van der Waals surface area contributed by atoms with Crippen LogP contribution >= 0.6 is 0 Å². The lowest BCUT2D eigenvalue weighted by molar-refractivity contribution is -0.135. The summed E-state index contributed by atoms with van der Waals surface area (Å²) in [6, 6.07) is 15.3. The minimum absolute atomic E-state index is 0.0267. The standard InChI is InChI=1S/C16H14O4/c1-11(12-7-3-2-4-8-12)16(19)20-14-10-6-5-9-13(14)15(17)18/h2-11H,1H3,(H,17,18). The molecule has 2 aromatic rings. The van der Waals surface area contributed by atoms with Crippen LogP contribution in [0.5, 0.6) is 5.75 Å². The molecule has 4 heteroatoms. The average molecular weight is 270 g/mol. The van der Waals surface area contributed by atoms with E-state index in [-0.39, 0.29) is 11.3 Å². The molecule has 2 aromatic carbocycles. The molecule has 0 fully saturated rings. The molecule has 0 bridgehead atoms. The van der Waals surface area contributed by atoms with Gasteiger partial charge >= 0.3 is 11.9 Å². The fourth-order valence-corrected chi connectivity index (χ4v) is 1.81. The van der Waals surface area contributed by atoms with Crippen molar-refractivity contribution in [2.75, 3.05) is 0 Å². The zero-order chi connectivity index (χ0) is 14.5. The van der Waals surface area contributed by atoms with Crippen LogP contribution in [0.4, 0.5) is 0 Å². The number of benzene rings is 2. The van der Waals surface area contributed by atoms with Gasteiger partial charge in [-0.3, -0.25) is 4.79 Å². The second kappa shape index (κ2) is 6.02. The first kappa shape index (κ1) is 13.8. The third-order valence-corrected chi connectivity index (χ3v) is 2.98. The lowest BCUT2D eigenvalue weighted by atomic mass is 10.0. The second-order valence-electron chi connectivity index (χ2n) is 4.35. The molecule has 2 rings (SSSR count). The minimum atomic E-state index is -1.12. The van der Waals surface area contributed by atoms with E-state index < -0.39 is 17.9 Å². The summed E-state index contributed by atoms with van der Waals surface area (Å²) in [6.07, 6.45) is 0. The Hall–Kier alpha value is -2.62. The van der Waals surface area contributed by atoms with Crippen LogP contribution < -0.4 is 4.74 Å². The Morgan fingerprint density at radius 1 is 1.00 bits per heavy atom. The van der Waals surface area contributed by atoms with Gasteiger partial charge in [-0.1, -0.05) is 42.5 Å². The Balaban J connectivity index is 2.18. The van der Waals surface area contributed by atoms with Gasteiger partial charge in [0.05, 0.1) is 5.92 Å². The van der Waals surface area contributed by atoms with Crippen molar-refractivity contribution >= 4 is 11.9 Å². The molecule has 4 nitrogen and oxygen atoms in total. The van der Waals surface area contributed by atoms with Crippen LogP contribution in [0, 0.1) is 0 Å². The van der Waals surface area contributed by atoms with Crippen LogP contribution in [0.3, 0.4) is 0 Å². The van der Waals surface area contributed by atoms with Gasteiger partial charge in [-0.2, -0.15) is 0 Å². The minimum Gasteiger partial charge on any atom is -0.478 e. The van der Waals surface area contributed by atoms with E-state index in [2.05, 4.69) is 0 Å². The molecule has 0 spiro atoms. The van der Waals surface area contributed by atoms with Crippen molar-refractivity contribution in [1.29, 1.82) is 0 Å². The van der Waals surface area contributed by atoms with E-state index in [1.165, 1.54) is 12.1 Å². The molecule has 0 saturated heterocycles. The van der Waals surface area contributed by atoms with E-state index in [1.807, 2.05) is 30.3 Å². The summed E-state index contributed by atoms with van der Waals surface area (Å²) in [5.74, 6) is -2.00. The van der Waals surface area contributed by atoms with Gasteiger partial charge in [0, 0.05) is 0 Å². The van der Waals surface area contributed by atoms with E-state index >= 15 is 0 Å². The molecule has 0 aromatic heterocycles. The third-order valence-electron chi connectivity index (χ3n) is 2.98. The maximum absolute atomic E-state index is 12.1. The number of hydrogen-bond donors (Lipinski definition) is 1. The number of rotatable bonds is 4. The molecule has 102 valence electrons.